The minimum atomic E-state index is -0.894. The molecule has 1 heterocycles. The number of hydrogen-bond donors (Lipinski definition) is 0. The first kappa shape index (κ1) is 16.6. The van der Waals surface area contributed by atoms with E-state index in [9.17, 15) is 9.59 Å². The molecule has 0 bridgehead atoms. The number of fused-ring (bicyclic) bond motifs is 1. The lowest BCUT2D eigenvalue weighted by atomic mass is 9.93. The van der Waals surface area contributed by atoms with Crippen LogP contribution in [0.25, 0.3) is 0 Å². The standard InChI is InChI=1S/C16H19ClO5/c1-4-20-16(19)13(18)10-8-11(17)14-15(12(10)9(2)3)22-7-5-6-21-14/h8-9H,4-7H2,1-3H3. The molecule has 2 rings (SSSR count). The lowest BCUT2D eigenvalue weighted by molar-refractivity contribution is -0.137. The number of ketones is 1. The van der Waals surface area contributed by atoms with Gasteiger partial charge in [0.2, 0.25) is 0 Å². The Morgan fingerprint density at radius 3 is 2.50 bits per heavy atom. The molecule has 1 aromatic carbocycles. The van der Waals surface area contributed by atoms with E-state index in [1.54, 1.807) is 6.92 Å². The summed E-state index contributed by atoms with van der Waals surface area (Å²) in [5.41, 5.74) is 0.835. The quantitative estimate of drug-likeness (QED) is 0.482. The third-order valence-corrected chi connectivity index (χ3v) is 3.57. The molecule has 0 aliphatic carbocycles. The Bertz CT molecular complexity index is 595. The van der Waals surface area contributed by atoms with E-state index in [1.165, 1.54) is 6.07 Å². The molecule has 1 aliphatic heterocycles. The van der Waals surface area contributed by atoms with Gasteiger partial charge in [0, 0.05) is 17.5 Å². The van der Waals surface area contributed by atoms with E-state index in [1.807, 2.05) is 13.8 Å². The van der Waals surface area contributed by atoms with E-state index in [4.69, 9.17) is 25.8 Å². The third kappa shape index (κ3) is 3.19. The highest BCUT2D eigenvalue weighted by molar-refractivity contribution is 6.42. The van der Waals surface area contributed by atoms with Crippen molar-refractivity contribution in [3.63, 3.8) is 0 Å². The van der Waals surface area contributed by atoms with Crippen LogP contribution in [0.4, 0.5) is 0 Å². The molecule has 0 atom stereocenters. The lowest BCUT2D eigenvalue weighted by Gasteiger charge is -2.19. The highest BCUT2D eigenvalue weighted by Crippen LogP contribution is 2.44. The minimum Gasteiger partial charge on any atom is -0.489 e. The van der Waals surface area contributed by atoms with Gasteiger partial charge < -0.3 is 14.2 Å². The summed E-state index contributed by atoms with van der Waals surface area (Å²) in [6, 6.07) is 1.46. The monoisotopic (exact) mass is 326 g/mol. The van der Waals surface area contributed by atoms with Crippen LogP contribution >= 0.6 is 11.6 Å². The van der Waals surface area contributed by atoms with Crippen molar-refractivity contribution < 1.29 is 23.8 Å². The molecular weight excluding hydrogens is 308 g/mol. The van der Waals surface area contributed by atoms with E-state index in [0.29, 0.717) is 30.3 Å². The molecule has 0 saturated carbocycles. The molecule has 1 aromatic rings. The van der Waals surface area contributed by atoms with Crippen molar-refractivity contribution in [1.82, 2.24) is 0 Å². The first-order chi connectivity index (χ1) is 10.5. The molecule has 1 aliphatic rings. The minimum absolute atomic E-state index is 0.0407. The number of esters is 1. The molecule has 0 amide bonds. The van der Waals surface area contributed by atoms with Crippen molar-refractivity contribution in [2.24, 2.45) is 0 Å². The van der Waals surface area contributed by atoms with Crippen LogP contribution in [0.3, 0.4) is 0 Å². The maximum absolute atomic E-state index is 12.4. The van der Waals surface area contributed by atoms with Crippen LogP contribution in [-0.2, 0) is 9.53 Å². The molecule has 0 N–H and O–H groups in total. The number of rotatable bonds is 4. The smallest absolute Gasteiger partial charge is 0.379 e. The van der Waals surface area contributed by atoms with Crippen LogP contribution < -0.4 is 9.47 Å². The van der Waals surface area contributed by atoms with Gasteiger partial charge >= 0.3 is 5.97 Å². The van der Waals surface area contributed by atoms with E-state index >= 15 is 0 Å². The molecule has 0 radical (unpaired) electrons. The number of halogens is 1. The largest absolute Gasteiger partial charge is 0.489 e. The van der Waals surface area contributed by atoms with Gasteiger partial charge in [-0.05, 0) is 18.9 Å². The van der Waals surface area contributed by atoms with Gasteiger partial charge in [-0.2, -0.15) is 0 Å². The average Bonchev–Trinajstić information content (AvgIpc) is 2.72. The maximum Gasteiger partial charge on any atom is 0.379 e. The third-order valence-electron chi connectivity index (χ3n) is 3.29. The molecule has 0 spiro atoms. The summed E-state index contributed by atoms with van der Waals surface area (Å²) in [7, 11) is 0. The molecule has 0 unspecified atom stereocenters. The fourth-order valence-electron chi connectivity index (χ4n) is 2.38. The molecule has 0 saturated heterocycles. The fraction of sp³-hybridized carbons (Fsp3) is 0.500. The van der Waals surface area contributed by atoms with E-state index in [-0.39, 0.29) is 23.1 Å². The van der Waals surface area contributed by atoms with Crippen LogP contribution in [-0.4, -0.2) is 31.6 Å². The summed E-state index contributed by atoms with van der Waals surface area (Å²) in [6.45, 7) is 6.59. The van der Waals surface area contributed by atoms with Crippen LogP contribution in [0.1, 0.15) is 49.0 Å². The molecular formula is C16H19ClO5. The number of carbonyl (C=O) groups excluding carboxylic acids is 2. The van der Waals surface area contributed by atoms with Gasteiger partial charge in [0.25, 0.3) is 5.78 Å². The Morgan fingerprint density at radius 2 is 1.91 bits per heavy atom. The van der Waals surface area contributed by atoms with Crippen molar-refractivity contribution in [2.45, 2.75) is 33.1 Å². The van der Waals surface area contributed by atoms with Gasteiger partial charge in [-0.1, -0.05) is 25.4 Å². The predicted octanol–water partition coefficient (Wildman–Crippen LogP) is 3.37. The van der Waals surface area contributed by atoms with Crippen molar-refractivity contribution in [3.05, 3.63) is 22.2 Å². The highest BCUT2D eigenvalue weighted by atomic mass is 35.5. The van der Waals surface area contributed by atoms with Crippen LogP contribution in [0.15, 0.2) is 6.07 Å². The zero-order valence-electron chi connectivity index (χ0n) is 12.9. The summed E-state index contributed by atoms with van der Waals surface area (Å²) in [4.78, 5) is 24.1. The number of carbonyl (C=O) groups is 2. The van der Waals surface area contributed by atoms with Crippen LogP contribution in [0.2, 0.25) is 5.02 Å². The molecule has 120 valence electrons. The number of ether oxygens (including phenoxy) is 3. The van der Waals surface area contributed by atoms with Gasteiger partial charge in [0.05, 0.1) is 24.8 Å². The second-order valence-electron chi connectivity index (χ2n) is 5.23. The average molecular weight is 327 g/mol. The van der Waals surface area contributed by atoms with Crippen molar-refractivity contribution in [3.8, 4) is 11.5 Å². The van der Waals surface area contributed by atoms with Gasteiger partial charge in [0.1, 0.15) is 0 Å². The zero-order valence-corrected chi connectivity index (χ0v) is 13.7. The molecule has 6 heteroatoms. The predicted molar refractivity (Wildman–Crippen MR) is 82.1 cm³/mol. The normalized spacial score (nSPS) is 13.7. The van der Waals surface area contributed by atoms with Crippen molar-refractivity contribution in [1.29, 1.82) is 0 Å². The summed E-state index contributed by atoms with van der Waals surface area (Å²) < 4.78 is 16.2. The summed E-state index contributed by atoms with van der Waals surface area (Å²) >= 11 is 6.21. The molecule has 0 aromatic heterocycles. The second kappa shape index (κ2) is 7.01. The Kier molecular flexibility index (Phi) is 5.29. The lowest BCUT2D eigenvalue weighted by Crippen LogP contribution is -2.20. The van der Waals surface area contributed by atoms with E-state index < -0.39 is 11.8 Å². The summed E-state index contributed by atoms with van der Waals surface area (Å²) in [5.74, 6) is -0.768. The number of hydrogen-bond acceptors (Lipinski definition) is 5. The topological polar surface area (TPSA) is 61.8 Å². The van der Waals surface area contributed by atoms with Crippen molar-refractivity contribution >= 4 is 23.4 Å². The summed E-state index contributed by atoms with van der Waals surface area (Å²) in [6.07, 6.45) is 0.726. The second-order valence-corrected chi connectivity index (χ2v) is 5.64. The Labute approximate surface area is 134 Å². The summed E-state index contributed by atoms with van der Waals surface area (Å²) in [5, 5.41) is 0.258. The first-order valence-electron chi connectivity index (χ1n) is 7.30. The molecule has 5 nitrogen and oxygen atoms in total. The molecule has 0 fully saturated rings. The fourth-order valence-corrected chi connectivity index (χ4v) is 2.63. The van der Waals surface area contributed by atoms with Gasteiger partial charge in [-0.25, -0.2) is 4.79 Å². The zero-order chi connectivity index (χ0) is 16.3. The van der Waals surface area contributed by atoms with E-state index in [0.717, 1.165) is 6.42 Å². The van der Waals surface area contributed by atoms with Gasteiger partial charge in [-0.3, -0.25) is 4.79 Å². The first-order valence-corrected chi connectivity index (χ1v) is 7.68. The van der Waals surface area contributed by atoms with Gasteiger partial charge in [-0.15, -0.1) is 0 Å². The Morgan fingerprint density at radius 1 is 1.27 bits per heavy atom. The molecule has 22 heavy (non-hydrogen) atoms. The van der Waals surface area contributed by atoms with Crippen molar-refractivity contribution in [2.75, 3.05) is 19.8 Å². The SMILES string of the molecule is CCOC(=O)C(=O)c1cc(Cl)c2c(c1C(C)C)OCCCO2. The number of Topliss-reactive ketones (excluding diaryl/α,β-unsaturated/α-hetero) is 1. The Hall–Kier alpha value is -1.75. The van der Waals surface area contributed by atoms with Crippen LogP contribution in [0, 0.1) is 0 Å². The highest BCUT2D eigenvalue weighted by Gasteiger charge is 2.29. The van der Waals surface area contributed by atoms with E-state index in [2.05, 4.69) is 0 Å². The van der Waals surface area contributed by atoms with Crippen LogP contribution in [0.5, 0.6) is 11.5 Å². The van der Waals surface area contributed by atoms with Gasteiger partial charge in [0.15, 0.2) is 11.5 Å². The number of benzene rings is 1. The maximum atomic E-state index is 12.4. The Balaban J connectivity index is 2.59.